The van der Waals surface area contributed by atoms with Crippen molar-refractivity contribution in [2.75, 3.05) is 13.7 Å². The van der Waals surface area contributed by atoms with E-state index in [0.29, 0.717) is 0 Å². The summed E-state index contributed by atoms with van der Waals surface area (Å²) in [7, 11) is 1.72. The molecular weight excluding hydrogens is 358 g/mol. The molecule has 0 bridgehead atoms. The fraction of sp³-hybridized carbons (Fsp3) is 0.739. The summed E-state index contributed by atoms with van der Waals surface area (Å²) in [6, 6.07) is 8.86. The maximum Gasteiger partial charge on any atom is 0.159 e. The minimum atomic E-state index is -0.741. The monoisotopic (exact) mass is 393 g/mol. The van der Waals surface area contributed by atoms with E-state index in [1.807, 2.05) is 7.11 Å². The van der Waals surface area contributed by atoms with E-state index in [-0.39, 0.29) is 8.80 Å². The Labute approximate surface area is 165 Å². The van der Waals surface area contributed by atoms with Gasteiger partial charge in [0.05, 0.1) is 0 Å². The lowest BCUT2D eigenvalue weighted by Gasteiger charge is -2.37. The summed E-state index contributed by atoms with van der Waals surface area (Å²) >= 11 is 0. The first-order valence-electron chi connectivity index (χ1n) is 10.9. The van der Waals surface area contributed by atoms with Crippen LogP contribution in [0, 0.1) is 29.4 Å². The van der Waals surface area contributed by atoms with E-state index in [9.17, 15) is 8.78 Å². The summed E-state index contributed by atoms with van der Waals surface area (Å²) in [5, 5.41) is 0. The van der Waals surface area contributed by atoms with Gasteiger partial charge in [-0.2, -0.15) is 0 Å². The summed E-state index contributed by atoms with van der Waals surface area (Å²) in [6.45, 7) is 0.937. The topological polar surface area (TPSA) is 9.23 Å². The summed E-state index contributed by atoms with van der Waals surface area (Å²) < 4.78 is 31.6. The molecule has 0 N–H and O–H groups in total. The SMILES string of the molecule is COCCC[Si]1CCC(C2CCC(CCc3ccc(F)c(F)c3)CC2)CC1. The Kier molecular flexibility index (Phi) is 8.32. The fourth-order valence-electron chi connectivity index (χ4n) is 5.25. The molecule has 151 valence electrons. The first-order chi connectivity index (χ1) is 13.2. The van der Waals surface area contributed by atoms with E-state index in [4.69, 9.17) is 4.74 Å². The Morgan fingerprint density at radius 3 is 2.33 bits per heavy atom. The van der Waals surface area contributed by atoms with E-state index in [0.717, 1.165) is 42.8 Å². The van der Waals surface area contributed by atoms with Crippen molar-refractivity contribution in [3.05, 3.63) is 35.4 Å². The van der Waals surface area contributed by atoms with Crippen molar-refractivity contribution in [2.45, 2.75) is 75.9 Å². The lowest BCUT2D eigenvalue weighted by atomic mass is 9.73. The van der Waals surface area contributed by atoms with Gasteiger partial charge in [0.25, 0.3) is 0 Å². The summed E-state index contributed by atoms with van der Waals surface area (Å²) in [4.78, 5) is 0. The van der Waals surface area contributed by atoms with Crippen molar-refractivity contribution in [1.82, 2.24) is 0 Å². The predicted molar refractivity (Wildman–Crippen MR) is 110 cm³/mol. The third kappa shape index (κ3) is 6.38. The molecule has 1 radical (unpaired) electrons. The number of aryl methyl sites for hydroxylation is 1. The first kappa shape index (κ1) is 21.0. The first-order valence-corrected chi connectivity index (χ1v) is 13.0. The number of ether oxygens (including phenoxy) is 1. The highest BCUT2D eigenvalue weighted by atomic mass is 28.3. The predicted octanol–water partition coefficient (Wildman–Crippen LogP) is 6.65. The highest BCUT2D eigenvalue weighted by molar-refractivity contribution is 6.58. The molecule has 4 heteroatoms. The second-order valence-corrected chi connectivity index (χ2v) is 11.8. The Balaban J connectivity index is 1.34. The Bertz CT molecular complexity index is 563. The average molecular weight is 394 g/mol. The van der Waals surface area contributed by atoms with E-state index in [2.05, 4.69) is 0 Å². The largest absolute Gasteiger partial charge is 0.385 e. The molecule has 1 aromatic rings. The van der Waals surface area contributed by atoms with E-state index in [1.54, 1.807) is 6.07 Å². The second-order valence-electron chi connectivity index (χ2n) is 8.75. The minimum Gasteiger partial charge on any atom is -0.385 e. The molecule has 1 saturated heterocycles. The van der Waals surface area contributed by atoms with Crippen LogP contribution in [-0.4, -0.2) is 22.5 Å². The Morgan fingerprint density at radius 1 is 0.963 bits per heavy atom. The fourth-order valence-corrected chi connectivity index (χ4v) is 8.20. The zero-order valence-electron chi connectivity index (χ0n) is 16.8. The van der Waals surface area contributed by atoms with Gasteiger partial charge < -0.3 is 4.74 Å². The molecule has 0 unspecified atom stereocenters. The van der Waals surface area contributed by atoms with Crippen molar-refractivity contribution in [3.8, 4) is 0 Å². The van der Waals surface area contributed by atoms with E-state index in [1.165, 1.54) is 75.2 Å². The molecule has 0 spiro atoms. The molecule has 1 nitrogen and oxygen atoms in total. The number of benzene rings is 1. The third-order valence-corrected chi connectivity index (χ3v) is 10.1. The van der Waals surface area contributed by atoms with Gasteiger partial charge in [0.15, 0.2) is 11.6 Å². The third-order valence-electron chi connectivity index (χ3n) is 7.00. The average Bonchev–Trinajstić information content (AvgIpc) is 2.70. The van der Waals surface area contributed by atoms with Gasteiger partial charge in [0, 0.05) is 22.5 Å². The van der Waals surface area contributed by atoms with Crippen LogP contribution in [0.4, 0.5) is 8.78 Å². The number of hydrogen-bond donors (Lipinski definition) is 0. The van der Waals surface area contributed by atoms with Crippen LogP contribution >= 0.6 is 0 Å². The van der Waals surface area contributed by atoms with Crippen LogP contribution in [0.3, 0.4) is 0 Å². The minimum absolute atomic E-state index is 0.0840. The second kappa shape index (κ2) is 10.7. The van der Waals surface area contributed by atoms with Crippen LogP contribution in [0.5, 0.6) is 0 Å². The quantitative estimate of drug-likeness (QED) is 0.355. The highest BCUT2D eigenvalue weighted by Gasteiger charge is 2.31. The van der Waals surface area contributed by atoms with Crippen molar-refractivity contribution in [1.29, 1.82) is 0 Å². The molecule has 0 aromatic heterocycles. The number of hydrogen-bond acceptors (Lipinski definition) is 1. The van der Waals surface area contributed by atoms with Crippen LogP contribution in [0.2, 0.25) is 18.1 Å². The van der Waals surface area contributed by atoms with Crippen LogP contribution in [-0.2, 0) is 11.2 Å². The summed E-state index contributed by atoms with van der Waals surface area (Å²) in [5.74, 6) is 1.25. The molecule has 1 aliphatic heterocycles. The number of methoxy groups -OCH3 is 1. The highest BCUT2D eigenvalue weighted by Crippen LogP contribution is 2.41. The molecule has 1 heterocycles. The van der Waals surface area contributed by atoms with Gasteiger partial charge in [0.1, 0.15) is 0 Å². The molecule has 1 aliphatic carbocycles. The van der Waals surface area contributed by atoms with Crippen LogP contribution < -0.4 is 0 Å². The normalized spacial score (nSPS) is 25.0. The smallest absolute Gasteiger partial charge is 0.159 e. The molecule has 27 heavy (non-hydrogen) atoms. The number of rotatable bonds is 8. The summed E-state index contributed by atoms with van der Waals surface area (Å²) in [5.41, 5.74) is 0.937. The van der Waals surface area contributed by atoms with Gasteiger partial charge in [-0.25, -0.2) is 8.78 Å². The van der Waals surface area contributed by atoms with Gasteiger partial charge >= 0.3 is 0 Å². The van der Waals surface area contributed by atoms with Gasteiger partial charge in [-0.3, -0.25) is 0 Å². The molecule has 0 amide bonds. The zero-order valence-corrected chi connectivity index (χ0v) is 17.8. The van der Waals surface area contributed by atoms with Crippen LogP contribution in [0.25, 0.3) is 0 Å². The molecule has 2 aliphatic rings. The maximum atomic E-state index is 13.3. The lowest BCUT2D eigenvalue weighted by Crippen LogP contribution is -2.28. The molecule has 1 saturated carbocycles. The summed E-state index contributed by atoms with van der Waals surface area (Å²) in [6.07, 6.45) is 11.7. The van der Waals surface area contributed by atoms with Crippen molar-refractivity contribution >= 4 is 8.80 Å². The van der Waals surface area contributed by atoms with Crippen LogP contribution in [0.1, 0.15) is 56.9 Å². The Morgan fingerprint density at radius 2 is 1.67 bits per heavy atom. The van der Waals surface area contributed by atoms with Crippen molar-refractivity contribution in [3.63, 3.8) is 0 Å². The molecule has 2 fully saturated rings. The van der Waals surface area contributed by atoms with Crippen molar-refractivity contribution in [2.24, 2.45) is 17.8 Å². The molecule has 1 aromatic carbocycles. The number of halogens is 2. The van der Waals surface area contributed by atoms with Gasteiger partial charge in [-0.05, 0) is 67.6 Å². The van der Waals surface area contributed by atoms with Crippen LogP contribution in [0.15, 0.2) is 18.2 Å². The van der Waals surface area contributed by atoms with E-state index < -0.39 is 11.6 Å². The molecule has 3 rings (SSSR count). The van der Waals surface area contributed by atoms with Crippen molar-refractivity contribution < 1.29 is 13.5 Å². The standard InChI is InChI=1S/C23H35F2OSi/c1-26-13-2-14-27-15-11-21(12-16-27)20-8-5-18(6-9-20)3-4-19-7-10-22(24)23(25)17-19/h7,10,17-18,20-21H,2-6,8-9,11-16H2,1H3. The van der Waals surface area contributed by atoms with Gasteiger partial charge in [-0.1, -0.05) is 49.9 Å². The molecular formula is C23H35F2OSi. The van der Waals surface area contributed by atoms with Gasteiger partial charge in [0.2, 0.25) is 0 Å². The van der Waals surface area contributed by atoms with Gasteiger partial charge in [-0.15, -0.1) is 0 Å². The zero-order chi connectivity index (χ0) is 19.1. The molecule has 0 atom stereocenters. The lowest BCUT2D eigenvalue weighted by molar-refractivity contribution is 0.185. The Hall–Kier alpha value is -0.743. The maximum absolute atomic E-state index is 13.3. The van der Waals surface area contributed by atoms with E-state index >= 15 is 0 Å².